The highest BCUT2D eigenvalue weighted by Crippen LogP contribution is 2.13. The molecule has 2 aromatic rings. The average molecular weight is 313 g/mol. The number of carbonyl (C=O) groups is 2. The summed E-state index contributed by atoms with van der Waals surface area (Å²) < 4.78 is 5.69. The summed E-state index contributed by atoms with van der Waals surface area (Å²) >= 11 is 0. The molecule has 2 N–H and O–H groups in total. The van der Waals surface area contributed by atoms with Gasteiger partial charge >= 0.3 is 11.8 Å². The van der Waals surface area contributed by atoms with Crippen molar-refractivity contribution in [2.24, 2.45) is 0 Å². The molecule has 1 atom stereocenters. The molecule has 0 saturated carbocycles. The number of amides is 2. The summed E-state index contributed by atoms with van der Waals surface area (Å²) in [6.45, 7) is 4.02. The van der Waals surface area contributed by atoms with Gasteiger partial charge in [0.1, 0.15) is 11.9 Å². The quantitative estimate of drug-likeness (QED) is 0.826. The van der Waals surface area contributed by atoms with E-state index in [9.17, 15) is 9.59 Å². The zero-order valence-corrected chi connectivity index (χ0v) is 13.1. The first-order chi connectivity index (χ1) is 11.0. The molecular weight excluding hydrogens is 294 g/mol. The van der Waals surface area contributed by atoms with Crippen molar-refractivity contribution in [3.8, 4) is 5.75 Å². The monoisotopic (exact) mass is 313 g/mol. The molecule has 1 aromatic carbocycles. The number of pyridine rings is 1. The highest BCUT2D eigenvalue weighted by atomic mass is 16.5. The van der Waals surface area contributed by atoms with Crippen molar-refractivity contribution in [1.29, 1.82) is 0 Å². The summed E-state index contributed by atoms with van der Waals surface area (Å²) in [6, 6.07) is 11.0. The van der Waals surface area contributed by atoms with Crippen molar-refractivity contribution in [2.45, 2.75) is 20.0 Å². The minimum Gasteiger partial charge on any atom is -0.489 e. The van der Waals surface area contributed by atoms with E-state index in [1.807, 2.05) is 38.1 Å². The third kappa shape index (κ3) is 5.43. The number of hydrogen-bond acceptors (Lipinski definition) is 4. The van der Waals surface area contributed by atoms with E-state index in [4.69, 9.17) is 4.74 Å². The zero-order valence-electron chi connectivity index (χ0n) is 13.1. The molecule has 0 aliphatic heterocycles. The van der Waals surface area contributed by atoms with E-state index in [1.54, 1.807) is 18.3 Å². The van der Waals surface area contributed by atoms with Crippen molar-refractivity contribution < 1.29 is 14.3 Å². The molecule has 0 bridgehead atoms. The van der Waals surface area contributed by atoms with Crippen molar-refractivity contribution in [1.82, 2.24) is 10.3 Å². The Morgan fingerprint density at radius 3 is 2.74 bits per heavy atom. The fraction of sp³-hybridized carbons (Fsp3) is 0.235. The van der Waals surface area contributed by atoms with Gasteiger partial charge in [-0.05, 0) is 43.7 Å². The number of aromatic nitrogens is 1. The number of aryl methyl sites for hydroxylation is 1. The first kappa shape index (κ1) is 16.5. The van der Waals surface area contributed by atoms with Crippen LogP contribution in [0.25, 0.3) is 0 Å². The lowest BCUT2D eigenvalue weighted by Crippen LogP contribution is -2.40. The highest BCUT2D eigenvalue weighted by molar-refractivity contribution is 6.39. The van der Waals surface area contributed by atoms with Gasteiger partial charge in [-0.1, -0.05) is 12.1 Å². The second-order valence-corrected chi connectivity index (χ2v) is 5.15. The fourth-order valence-corrected chi connectivity index (χ4v) is 1.90. The van der Waals surface area contributed by atoms with Gasteiger partial charge in [-0.2, -0.15) is 0 Å². The van der Waals surface area contributed by atoms with Crippen LogP contribution in [-0.2, 0) is 9.59 Å². The topological polar surface area (TPSA) is 80.3 Å². The molecule has 0 saturated heterocycles. The highest BCUT2D eigenvalue weighted by Gasteiger charge is 2.15. The second-order valence-electron chi connectivity index (χ2n) is 5.15. The number of nitrogens with zero attached hydrogens (tertiary/aromatic N) is 1. The molecule has 0 aliphatic carbocycles. The zero-order chi connectivity index (χ0) is 16.7. The van der Waals surface area contributed by atoms with Crippen LogP contribution in [0.4, 0.5) is 5.69 Å². The molecule has 0 spiro atoms. The first-order valence-electron chi connectivity index (χ1n) is 7.27. The Morgan fingerprint density at radius 1 is 1.22 bits per heavy atom. The molecule has 0 radical (unpaired) electrons. The third-order valence-electron chi connectivity index (χ3n) is 3.00. The summed E-state index contributed by atoms with van der Waals surface area (Å²) in [4.78, 5) is 27.4. The maximum Gasteiger partial charge on any atom is 0.313 e. The Hall–Kier alpha value is -2.89. The molecule has 0 aliphatic rings. The van der Waals surface area contributed by atoms with Gasteiger partial charge in [-0.3, -0.25) is 14.6 Å². The molecule has 0 fully saturated rings. The van der Waals surface area contributed by atoms with E-state index in [1.165, 1.54) is 6.20 Å². The number of hydrogen-bond donors (Lipinski definition) is 2. The van der Waals surface area contributed by atoms with Crippen LogP contribution >= 0.6 is 0 Å². The fourth-order valence-electron chi connectivity index (χ4n) is 1.90. The summed E-state index contributed by atoms with van der Waals surface area (Å²) in [6.07, 6.45) is 2.79. The number of carbonyl (C=O) groups excluding carboxylic acids is 2. The van der Waals surface area contributed by atoms with E-state index in [0.717, 1.165) is 11.3 Å². The van der Waals surface area contributed by atoms with Gasteiger partial charge in [-0.15, -0.1) is 0 Å². The predicted molar refractivity (Wildman–Crippen MR) is 87.1 cm³/mol. The minimum atomic E-state index is -0.735. The molecule has 1 heterocycles. The molecule has 2 rings (SSSR count). The van der Waals surface area contributed by atoms with Gasteiger partial charge in [0.05, 0.1) is 18.4 Å². The lowest BCUT2D eigenvalue weighted by atomic mass is 10.2. The van der Waals surface area contributed by atoms with Crippen LogP contribution in [0, 0.1) is 6.92 Å². The predicted octanol–water partition coefficient (Wildman–Crippen LogP) is 1.91. The Kier molecular flexibility index (Phi) is 5.68. The van der Waals surface area contributed by atoms with Crippen LogP contribution < -0.4 is 15.4 Å². The van der Waals surface area contributed by atoms with E-state index in [-0.39, 0.29) is 12.6 Å². The molecular formula is C17H19N3O3. The molecule has 2 amide bonds. The summed E-state index contributed by atoms with van der Waals surface area (Å²) in [5.41, 5.74) is 1.56. The van der Waals surface area contributed by atoms with Crippen LogP contribution in [0.3, 0.4) is 0 Å². The second kappa shape index (κ2) is 7.93. The maximum atomic E-state index is 11.8. The molecule has 120 valence electrons. The van der Waals surface area contributed by atoms with E-state index >= 15 is 0 Å². The van der Waals surface area contributed by atoms with Crippen LogP contribution in [0.15, 0.2) is 48.8 Å². The van der Waals surface area contributed by atoms with Crippen molar-refractivity contribution in [3.63, 3.8) is 0 Å². The van der Waals surface area contributed by atoms with Crippen LogP contribution in [0.5, 0.6) is 5.75 Å². The van der Waals surface area contributed by atoms with E-state index in [2.05, 4.69) is 15.6 Å². The smallest absolute Gasteiger partial charge is 0.313 e. The van der Waals surface area contributed by atoms with E-state index < -0.39 is 11.8 Å². The summed E-state index contributed by atoms with van der Waals surface area (Å²) in [7, 11) is 0. The Labute approximate surface area is 134 Å². The normalized spacial score (nSPS) is 11.4. The number of nitrogens with one attached hydrogen (secondary N) is 2. The first-order valence-corrected chi connectivity index (χ1v) is 7.27. The van der Waals surface area contributed by atoms with E-state index in [0.29, 0.717) is 5.69 Å². The molecule has 1 aromatic heterocycles. The Morgan fingerprint density at radius 2 is 2.04 bits per heavy atom. The number of anilines is 1. The van der Waals surface area contributed by atoms with Gasteiger partial charge in [0.2, 0.25) is 0 Å². The van der Waals surface area contributed by atoms with Gasteiger partial charge in [0, 0.05) is 6.20 Å². The SMILES string of the molecule is Cc1cccc(OC(C)CNC(=O)C(=O)Nc2cccnc2)c1. The molecule has 23 heavy (non-hydrogen) atoms. The van der Waals surface area contributed by atoms with Gasteiger partial charge in [-0.25, -0.2) is 0 Å². The standard InChI is InChI=1S/C17H19N3O3/c1-12-5-3-7-15(9-12)23-13(2)10-19-16(21)17(22)20-14-6-4-8-18-11-14/h3-9,11,13H,10H2,1-2H3,(H,19,21)(H,20,22). The van der Waals surface area contributed by atoms with Crippen molar-refractivity contribution in [2.75, 3.05) is 11.9 Å². The van der Waals surface area contributed by atoms with Gasteiger partial charge in [0.25, 0.3) is 0 Å². The van der Waals surface area contributed by atoms with Crippen LogP contribution in [0.1, 0.15) is 12.5 Å². The maximum absolute atomic E-state index is 11.8. The van der Waals surface area contributed by atoms with Crippen LogP contribution in [-0.4, -0.2) is 29.4 Å². The van der Waals surface area contributed by atoms with Gasteiger partial charge in [0.15, 0.2) is 0 Å². The molecule has 1 unspecified atom stereocenters. The molecule has 6 heteroatoms. The largest absolute Gasteiger partial charge is 0.489 e. The lowest BCUT2D eigenvalue weighted by molar-refractivity contribution is -0.136. The minimum absolute atomic E-state index is 0.229. The summed E-state index contributed by atoms with van der Waals surface area (Å²) in [5, 5.41) is 5.01. The number of benzene rings is 1. The molecule has 6 nitrogen and oxygen atoms in total. The Bertz CT molecular complexity index is 674. The van der Waals surface area contributed by atoms with Crippen molar-refractivity contribution >= 4 is 17.5 Å². The number of ether oxygens (including phenoxy) is 1. The third-order valence-corrected chi connectivity index (χ3v) is 3.00. The van der Waals surface area contributed by atoms with Crippen LogP contribution in [0.2, 0.25) is 0 Å². The Balaban J connectivity index is 1.78. The lowest BCUT2D eigenvalue weighted by Gasteiger charge is -2.15. The van der Waals surface area contributed by atoms with Crippen molar-refractivity contribution in [3.05, 3.63) is 54.4 Å². The summed E-state index contributed by atoms with van der Waals surface area (Å²) in [5.74, 6) is -0.721. The van der Waals surface area contributed by atoms with Gasteiger partial charge < -0.3 is 15.4 Å². The number of rotatable bonds is 5. The average Bonchev–Trinajstić information content (AvgIpc) is 2.53.